The Morgan fingerprint density at radius 3 is 2.72 bits per heavy atom. The number of carbonyl (C=O) groups excluding carboxylic acids is 2. The zero-order valence-electron chi connectivity index (χ0n) is 11.4. The molecule has 1 fully saturated rings. The predicted molar refractivity (Wildman–Crippen MR) is 69.8 cm³/mol. The van der Waals surface area contributed by atoms with Crippen LogP contribution in [0.1, 0.15) is 58.8 Å². The monoisotopic (exact) mass is 250 g/mol. The molecule has 0 aromatic rings. The first-order chi connectivity index (χ1) is 8.67. The Kier molecular flexibility index (Phi) is 5.91. The highest BCUT2D eigenvalue weighted by Gasteiger charge is 2.49. The summed E-state index contributed by atoms with van der Waals surface area (Å²) in [7, 11) is 0. The molecular weight excluding hydrogens is 228 g/mol. The van der Waals surface area contributed by atoms with Gasteiger partial charge in [0, 0.05) is 19.3 Å². The second-order valence-corrected chi connectivity index (χ2v) is 4.73. The van der Waals surface area contributed by atoms with Crippen LogP contribution in [0.5, 0.6) is 0 Å². The SMILES string of the molecule is CCC#CCC1(C(=O)OCCCC)CCCC1=O. The zero-order chi connectivity index (χ0) is 13.4. The molecule has 0 radical (unpaired) electrons. The molecule has 0 N–H and O–H groups in total. The number of ether oxygens (including phenoxy) is 1. The van der Waals surface area contributed by atoms with Crippen LogP contribution < -0.4 is 0 Å². The molecule has 1 saturated carbocycles. The molecule has 0 spiro atoms. The molecule has 0 aromatic heterocycles. The molecular formula is C15H22O3. The van der Waals surface area contributed by atoms with Crippen LogP contribution in [0, 0.1) is 17.3 Å². The molecule has 0 amide bonds. The molecule has 1 aliphatic rings. The Balaban J connectivity index is 2.71. The number of hydrogen-bond donors (Lipinski definition) is 0. The van der Waals surface area contributed by atoms with E-state index < -0.39 is 5.41 Å². The number of hydrogen-bond acceptors (Lipinski definition) is 3. The molecule has 0 heterocycles. The quantitative estimate of drug-likeness (QED) is 0.326. The van der Waals surface area contributed by atoms with Gasteiger partial charge in [-0.15, -0.1) is 11.8 Å². The van der Waals surface area contributed by atoms with Gasteiger partial charge >= 0.3 is 5.97 Å². The third-order valence-electron chi connectivity index (χ3n) is 3.35. The first kappa shape index (κ1) is 14.8. The summed E-state index contributed by atoms with van der Waals surface area (Å²) in [5.74, 6) is 5.53. The summed E-state index contributed by atoms with van der Waals surface area (Å²) >= 11 is 0. The van der Waals surface area contributed by atoms with Crippen LogP contribution in [0.3, 0.4) is 0 Å². The van der Waals surface area contributed by atoms with Gasteiger partial charge in [-0.1, -0.05) is 20.3 Å². The number of carbonyl (C=O) groups is 2. The van der Waals surface area contributed by atoms with Crippen molar-refractivity contribution in [2.45, 2.75) is 58.8 Å². The van der Waals surface area contributed by atoms with E-state index >= 15 is 0 Å². The number of unbranched alkanes of at least 4 members (excludes halogenated alkanes) is 1. The van der Waals surface area contributed by atoms with Gasteiger partial charge < -0.3 is 4.74 Å². The summed E-state index contributed by atoms with van der Waals surface area (Å²) in [6.45, 7) is 4.40. The molecule has 3 nitrogen and oxygen atoms in total. The van der Waals surface area contributed by atoms with Gasteiger partial charge in [0.05, 0.1) is 6.61 Å². The molecule has 0 aromatic carbocycles. The minimum atomic E-state index is -0.962. The van der Waals surface area contributed by atoms with Crippen LogP contribution in [0.15, 0.2) is 0 Å². The van der Waals surface area contributed by atoms with E-state index in [2.05, 4.69) is 11.8 Å². The standard InChI is InChI=1S/C15H22O3/c1-3-5-7-10-15(11-8-9-13(15)16)14(17)18-12-6-4-2/h3-4,6,8-12H2,1-2H3. The molecule has 3 heteroatoms. The summed E-state index contributed by atoms with van der Waals surface area (Å²) in [6, 6.07) is 0. The first-order valence-electron chi connectivity index (χ1n) is 6.83. The van der Waals surface area contributed by atoms with E-state index in [1.165, 1.54) is 0 Å². The Labute approximate surface area is 109 Å². The van der Waals surface area contributed by atoms with Crippen molar-refractivity contribution in [3.8, 4) is 11.8 Å². The summed E-state index contributed by atoms with van der Waals surface area (Å²) in [5, 5.41) is 0. The van der Waals surface area contributed by atoms with Crippen molar-refractivity contribution in [2.75, 3.05) is 6.61 Å². The lowest BCUT2D eigenvalue weighted by Crippen LogP contribution is -2.36. The van der Waals surface area contributed by atoms with E-state index in [1.54, 1.807) is 0 Å². The fourth-order valence-electron chi connectivity index (χ4n) is 2.19. The van der Waals surface area contributed by atoms with E-state index in [1.807, 2.05) is 13.8 Å². The Morgan fingerprint density at radius 2 is 2.17 bits per heavy atom. The van der Waals surface area contributed by atoms with Crippen LogP contribution in [0.25, 0.3) is 0 Å². The van der Waals surface area contributed by atoms with E-state index in [0.717, 1.165) is 25.7 Å². The summed E-state index contributed by atoms with van der Waals surface area (Å²) in [5.41, 5.74) is -0.962. The maximum atomic E-state index is 12.1. The van der Waals surface area contributed by atoms with Crippen LogP contribution in [0.2, 0.25) is 0 Å². The van der Waals surface area contributed by atoms with Gasteiger partial charge in [-0.05, 0) is 19.3 Å². The second-order valence-electron chi connectivity index (χ2n) is 4.73. The normalized spacial score (nSPS) is 22.4. The van der Waals surface area contributed by atoms with Crippen molar-refractivity contribution in [2.24, 2.45) is 5.41 Å². The van der Waals surface area contributed by atoms with Crippen LogP contribution >= 0.6 is 0 Å². The van der Waals surface area contributed by atoms with Gasteiger partial charge in [-0.2, -0.15) is 0 Å². The van der Waals surface area contributed by atoms with Gasteiger partial charge in [0.15, 0.2) is 5.78 Å². The van der Waals surface area contributed by atoms with E-state index in [-0.39, 0.29) is 11.8 Å². The van der Waals surface area contributed by atoms with Gasteiger partial charge in [-0.3, -0.25) is 9.59 Å². The van der Waals surface area contributed by atoms with Gasteiger partial charge in [-0.25, -0.2) is 0 Å². The summed E-state index contributed by atoms with van der Waals surface area (Å²) in [6.07, 6.45) is 4.74. The van der Waals surface area contributed by atoms with Crippen molar-refractivity contribution in [3.63, 3.8) is 0 Å². The summed E-state index contributed by atoms with van der Waals surface area (Å²) < 4.78 is 5.24. The number of ketones is 1. The lowest BCUT2D eigenvalue weighted by atomic mass is 9.82. The average Bonchev–Trinajstić information content (AvgIpc) is 2.73. The fourth-order valence-corrected chi connectivity index (χ4v) is 2.19. The largest absolute Gasteiger partial charge is 0.465 e. The first-order valence-corrected chi connectivity index (χ1v) is 6.83. The van der Waals surface area contributed by atoms with Crippen LogP contribution in [-0.2, 0) is 14.3 Å². The topological polar surface area (TPSA) is 43.4 Å². The van der Waals surface area contributed by atoms with Crippen molar-refractivity contribution in [1.82, 2.24) is 0 Å². The highest BCUT2D eigenvalue weighted by atomic mass is 16.5. The molecule has 1 aliphatic carbocycles. The number of Topliss-reactive ketones (excluding diaryl/α,β-unsaturated/α-hetero) is 1. The van der Waals surface area contributed by atoms with Crippen molar-refractivity contribution < 1.29 is 14.3 Å². The second kappa shape index (κ2) is 7.20. The maximum Gasteiger partial charge on any atom is 0.320 e. The average molecular weight is 250 g/mol. The molecule has 1 atom stereocenters. The van der Waals surface area contributed by atoms with Gasteiger partial charge in [0.1, 0.15) is 5.41 Å². The minimum Gasteiger partial charge on any atom is -0.465 e. The van der Waals surface area contributed by atoms with Gasteiger partial charge in [0.25, 0.3) is 0 Å². The highest BCUT2D eigenvalue weighted by molar-refractivity contribution is 6.05. The maximum absolute atomic E-state index is 12.1. The number of esters is 1. The lowest BCUT2D eigenvalue weighted by molar-refractivity contribution is -0.159. The molecule has 100 valence electrons. The minimum absolute atomic E-state index is 0.00871. The Hall–Kier alpha value is -1.30. The third kappa shape index (κ3) is 3.35. The predicted octanol–water partition coefficient (Wildman–Crippen LogP) is 2.87. The highest BCUT2D eigenvalue weighted by Crippen LogP contribution is 2.39. The smallest absolute Gasteiger partial charge is 0.320 e. The van der Waals surface area contributed by atoms with Crippen molar-refractivity contribution in [1.29, 1.82) is 0 Å². The number of rotatable bonds is 5. The van der Waals surface area contributed by atoms with Gasteiger partial charge in [0.2, 0.25) is 0 Å². The molecule has 1 unspecified atom stereocenters. The van der Waals surface area contributed by atoms with Crippen molar-refractivity contribution >= 4 is 11.8 Å². The molecule has 0 aliphatic heterocycles. The fraction of sp³-hybridized carbons (Fsp3) is 0.733. The van der Waals surface area contributed by atoms with E-state index in [0.29, 0.717) is 25.9 Å². The van der Waals surface area contributed by atoms with E-state index in [4.69, 9.17) is 4.74 Å². The Morgan fingerprint density at radius 1 is 1.39 bits per heavy atom. The molecule has 18 heavy (non-hydrogen) atoms. The van der Waals surface area contributed by atoms with Crippen molar-refractivity contribution in [3.05, 3.63) is 0 Å². The lowest BCUT2D eigenvalue weighted by Gasteiger charge is -2.22. The summed E-state index contributed by atoms with van der Waals surface area (Å²) in [4.78, 5) is 24.1. The third-order valence-corrected chi connectivity index (χ3v) is 3.35. The molecule has 0 saturated heterocycles. The zero-order valence-corrected chi connectivity index (χ0v) is 11.4. The van der Waals surface area contributed by atoms with Crippen LogP contribution in [0.4, 0.5) is 0 Å². The van der Waals surface area contributed by atoms with Crippen LogP contribution in [-0.4, -0.2) is 18.4 Å². The molecule has 1 rings (SSSR count). The van der Waals surface area contributed by atoms with E-state index in [9.17, 15) is 9.59 Å². The molecule has 0 bridgehead atoms. The Bertz CT molecular complexity index is 362.